The van der Waals surface area contributed by atoms with Crippen LogP contribution in [0.4, 0.5) is 4.39 Å². The number of aliphatic imine (C=N–C) groups is 1. The van der Waals surface area contributed by atoms with Gasteiger partial charge in [0.1, 0.15) is 5.82 Å². The van der Waals surface area contributed by atoms with Crippen molar-refractivity contribution in [3.63, 3.8) is 0 Å². The van der Waals surface area contributed by atoms with E-state index in [9.17, 15) is 4.39 Å². The van der Waals surface area contributed by atoms with E-state index in [-0.39, 0.29) is 5.82 Å². The molecular weight excluding hydrogens is 353 g/mol. The number of guanidine groups is 1. The van der Waals surface area contributed by atoms with Crippen molar-refractivity contribution < 1.29 is 4.39 Å². The van der Waals surface area contributed by atoms with E-state index < -0.39 is 0 Å². The Morgan fingerprint density at radius 3 is 2.61 bits per heavy atom. The van der Waals surface area contributed by atoms with Crippen molar-refractivity contribution in [1.29, 1.82) is 0 Å². The molecule has 6 heteroatoms. The maximum Gasteiger partial charge on any atom is 0.191 e. The molecule has 0 fully saturated rings. The number of aromatic nitrogens is 2. The molecular formula is C22H26FN5. The zero-order chi connectivity index (χ0) is 19.6. The van der Waals surface area contributed by atoms with Crippen molar-refractivity contribution in [1.82, 2.24) is 20.2 Å². The number of benzene rings is 2. The number of imidazole rings is 1. The average Bonchev–Trinajstić information content (AvgIpc) is 3.20. The largest absolute Gasteiger partial charge is 0.357 e. The molecule has 2 N–H and O–H groups in total. The lowest BCUT2D eigenvalue weighted by molar-refractivity contribution is 0.625. The monoisotopic (exact) mass is 379 g/mol. The van der Waals surface area contributed by atoms with Crippen LogP contribution in [0.1, 0.15) is 23.6 Å². The number of halogens is 1. The quantitative estimate of drug-likeness (QED) is 0.466. The maximum atomic E-state index is 13.3. The van der Waals surface area contributed by atoms with Gasteiger partial charge in [-0.2, -0.15) is 0 Å². The molecule has 0 unspecified atom stereocenters. The number of nitrogens with one attached hydrogen (secondary N) is 2. The predicted octanol–water partition coefficient (Wildman–Crippen LogP) is 3.37. The molecule has 0 spiro atoms. The third-order valence-electron chi connectivity index (χ3n) is 4.31. The fourth-order valence-corrected chi connectivity index (χ4v) is 2.87. The van der Waals surface area contributed by atoms with Gasteiger partial charge in [-0.3, -0.25) is 0 Å². The van der Waals surface area contributed by atoms with Crippen molar-refractivity contribution in [3.05, 3.63) is 89.8 Å². The summed E-state index contributed by atoms with van der Waals surface area (Å²) in [5, 5.41) is 6.55. The molecule has 0 saturated carbocycles. The van der Waals surface area contributed by atoms with Gasteiger partial charge >= 0.3 is 0 Å². The van der Waals surface area contributed by atoms with E-state index in [1.54, 1.807) is 18.3 Å². The fraction of sp³-hybridized carbons (Fsp3) is 0.273. The standard InChI is InChI=1S/C22H26FN5/c1-2-25-22(26-11-10-18-4-3-5-21(23)14-18)27-15-19-6-8-20(9-7-19)16-28-13-12-24-17-28/h3-9,12-14,17H,2,10-11,15-16H2,1H3,(H2,25,26,27). The molecule has 0 aliphatic heterocycles. The summed E-state index contributed by atoms with van der Waals surface area (Å²) in [6.45, 7) is 4.93. The molecule has 0 bridgehead atoms. The highest BCUT2D eigenvalue weighted by Gasteiger charge is 2.00. The van der Waals surface area contributed by atoms with Gasteiger partial charge in [0, 0.05) is 32.0 Å². The van der Waals surface area contributed by atoms with Gasteiger partial charge in [0.15, 0.2) is 5.96 Å². The van der Waals surface area contributed by atoms with E-state index in [2.05, 4.69) is 44.9 Å². The van der Waals surface area contributed by atoms with Gasteiger partial charge in [0.25, 0.3) is 0 Å². The second-order valence-corrected chi connectivity index (χ2v) is 6.55. The summed E-state index contributed by atoms with van der Waals surface area (Å²) in [7, 11) is 0. The molecule has 28 heavy (non-hydrogen) atoms. The highest BCUT2D eigenvalue weighted by Crippen LogP contribution is 2.08. The Bertz CT molecular complexity index is 872. The minimum Gasteiger partial charge on any atom is -0.357 e. The van der Waals surface area contributed by atoms with Crippen LogP contribution in [0, 0.1) is 5.82 Å². The molecule has 0 aliphatic rings. The molecule has 0 atom stereocenters. The van der Waals surface area contributed by atoms with Crippen molar-refractivity contribution in [2.24, 2.45) is 4.99 Å². The average molecular weight is 379 g/mol. The third kappa shape index (κ3) is 6.23. The van der Waals surface area contributed by atoms with Gasteiger partial charge in [-0.05, 0) is 42.2 Å². The summed E-state index contributed by atoms with van der Waals surface area (Å²) in [6, 6.07) is 15.1. The van der Waals surface area contributed by atoms with Crippen LogP contribution < -0.4 is 10.6 Å². The second-order valence-electron chi connectivity index (χ2n) is 6.55. The normalized spacial score (nSPS) is 11.4. The minimum atomic E-state index is -0.199. The zero-order valence-electron chi connectivity index (χ0n) is 16.1. The van der Waals surface area contributed by atoms with Crippen LogP contribution in [0.25, 0.3) is 0 Å². The van der Waals surface area contributed by atoms with Gasteiger partial charge in [-0.1, -0.05) is 36.4 Å². The maximum absolute atomic E-state index is 13.3. The Balaban J connectivity index is 1.51. The molecule has 0 saturated heterocycles. The van der Waals surface area contributed by atoms with Gasteiger partial charge in [0.2, 0.25) is 0 Å². The van der Waals surface area contributed by atoms with Crippen molar-refractivity contribution in [3.8, 4) is 0 Å². The van der Waals surface area contributed by atoms with Crippen molar-refractivity contribution >= 4 is 5.96 Å². The highest BCUT2D eigenvalue weighted by atomic mass is 19.1. The van der Waals surface area contributed by atoms with Crippen molar-refractivity contribution in [2.45, 2.75) is 26.4 Å². The summed E-state index contributed by atoms with van der Waals surface area (Å²) in [6.07, 6.45) is 6.30. The number of rotatable bonds is 8. The zero-order valence-corrected chi connectivity index (χ0v) is 16.1. The number of hydrogen-bond donors (Lipinski definition) is 2. The Morgan fingerprint density at radius 1 is 1.07 bits per heavy atom. The first kappa shape index (κ1) is 19.6. The van der Waals surface area contributed by atoms with E-state index in [0.717, 1.165) is 36.6 Å². The summed E-state index contributed by atoms with van der Waals surface area (Å²) < 4.78 is 15.3. The summed E-state index contributed by atoms with van der Waals surface area (Å²) in [5.41, 5.74) is 3.35. The molecule has 146 valence electrons. The first-order chi connectivity index (χ1) is 13.7. The Hall–Kier alpha value is -3.15. The first-order valence-electron chi connectivity index (χ1n) is 9.53. The van der Waals surface area contributed by atoms with Crippen LogP contribution in [0.2, 0.25) is 0 Å². The molecule has 1 aromatic heterocycles. The van der Waals surface area contributed by atoms with E-state index in [4.69, 9.17) is 0 Å². The van der Waals surface area contributed by atoms with Crippen LogP contribution >= 0.6 is 0 Å². The molecule has 0 aliphatic carbocycles. The predicted molar refractivity (Wildman–Crippen MR) is 111 cm³/mol. The second kappa shape index (κ2) is 10.3. The van der Waals surface area contributed by atoms with E-state index >= 15 is 0 Å². The first-order valence-corrected chi connectivity index (χ1v) is 9.53. The third-order valence-corrected chi connectivity index (χ3v) is 4.31. The summed E-state index contributed by atoms with van der Waals surface area (Å²) >= 11 is 0. The lowest BCUT2D eigenvalue weighted by Crippen LogP contribution is -2.38. The number of hydrogen-bond acceptors (Lipinski definition) is 2. The Morgan fingerprint density at radius 2 is 1.89 bits per heavy atom. The Kier molecular flexibility index (Phi) is 7.18. The highest BCUT2D eigenvalue weighted by molar-refractivity contribution is 5.79. The van der Waals surface area contributed by atoms with E-state index in [1.165, 1.54) is 11.6 Å². The summed E-state index contributed by atoms with van der Waals surface area (Å²) in [5.74, 6) is 0.566. The van der Waals surface area contributed by atoms with Gasteiger partial charge in [0.05, 0.1) is 12.9 Å². The van der Waals surface area contributed by atoms with Crippen LogP contribution in [-0.2, 0) is 19.5 Å². The lowest BCUT2D eigenvalue weighted by atomic mass is 10.1. The molecule has 3 aromatic rings. The minimum absolute atomic E-state index is 0.199. The van der Waals surface area contributed by atoms with Crippen LogP contribution in [0.15, 0.2) is 72.2 Å². The van der Waals surface area contributed by atoms with Crippen molar-refractivity contribution in [2.75, 3.05) is 13.1 Å². The molecule has 0 radical (unpaired) electrons. The molecule has 0 amide bonds. The fourth-order valence-electron chi connectivity index (χ4n) is 2.87. The SMILES string of the molecule is CCNC(=NCc1ccc(Cn2ccnc2)cc1)NCCc1cccc(F)c1. The lowest BCUT2D eigenvalue weighted by Gasteiger charge is -2.11. The molecule has 1 heterocycles. The van der Waals surface area contributed by atoms with Crippen LogP contribution in [0.5, 0.6) is 0 Å². The van der Waals surface area contributed by atoms with Crippen LogP contribution in [0.3, 0.4) is 0 Å². The topological polar surface area (TPSA) is 54.2 Å². The van der Waals surface area contributed by atoms with Gasteiger partial charge in [-0.25, -0.2) is 14.4 Å². The van der Waals surface area contributed by atoms with Gasteiger partial charge < -0.3 is 15.2 Å². The number of nitrogens with zero attached hydrogens (tertiary/aromatic N) is 3. The van der Waals surface area contributed by atoms with E-state index in [1.807, 2.05) is 30.1 Å². The van der Waals surface area contributed by atoms with E-state index in [0.29, 0.717) is 13.1 Å². The smallest absolute Gasteiger partial charge is 0.191 e. The molecule has 5 nitrogen and oxygen atoms in total. The van der Waals surface area contributed by atoms with Crippen LogP contribution in [-0.4, -0.2) is 28.6 Å². The Labute approximate surface area is 165 Å². The molecule has 2 aromatic carbocycles. The van der Waals surface area contributed by atoms with Gasteiger partial charge in [-0.15, -0.1) is 0 Å². The molecule has 3 rings (SSSR count). The summed E-state index contributed by atoms with van der Waals surface area (Å²) in [4.78, 5) is 8.71.